The topological polar surface area (TPSA) is 102 Å². The largest absolute Gasteiger partial charge is 0.506 e. The first-order valence-electron chi connectivity index (χ1n) is 10.7. The van der Waals surface area contributed by atoms with Crippen LogP contribution < -0.4 is 15.2 Å². The SMILES string of the molecule is COc1ccc(CN2Cc3cc(Cc4cc(C(N)=O)c(O)c(Cl)c4C)ccc3C2=O)c(OC)c1. The van der Waals surface area contributed by atoms with Crippen molar-refractivity contribution in [3.05, 3.63) is 86.4 Å². The van der Waals surface area contributed by atoms with Gasteiger partial charge in [0.1, 0.15) is 17.2 Å². The van der Waals surface area contributed by atoms with Gasteiger partial charge in [0.15, 0.2) is 0 Å². The van der Waals surface area contributed by atoms with Gasteiger partial charge in [0.25, 0.3) is 11.8 Å². The van der Waals surface area contributed by atoms with Crippen molar-refractivity contribution in [1.82, 2.24) is 4.90 Å². The Kier molecular flexibility index (Phi) is 6.39. The summed E-state index contributed by atoms with van der Waals surface area (Å²) < 4.78 is 10.7. The number of primary amides is 1. The molecule has 1 heterocycles. The summed E-state index contributed by atoms with van der Waals surface area (Å²) >= 11 is 6.22. The van der Waals surface area contributed by atoms with Crippen molar-refractivity contribution in [1.29, 1.82) is 0 Å². The molecule has 8 heteroatoms. The van der Waals surface area contributed by atoms with E-state index in [-0.39, 0.29) is 22.2 Å². The molecule has 0 fully saturated rings. The number of carbonyl (C=O) groups is 2. The van der Waals surface area contributed by atoms with Crippen LogP contribution in [0.3, 0.4) is 0 Å². The molecule has 3 N–H and O–H groups in total. The molecule has 0 aromatic heterocycles. The van der Waals surface area contributed by atoms with Crippen LogP contribution in [0, 0.1) is 6.92 Å². The Hall–Kier alpha value is -3.71. The number of nitrogens with two attached hydrogens (primary N) is 1. The highest BCUT2D eigenvalue weighted by Crippen LogP contribution is 2.35. The van der Waals surface area contributed by atoms with Gasteiger partial charge in [-0.1, -0.05) is 23.7 Å². The van der Waals surface area contributed by atoms with Gasteiger partial charge in [0.2, 0.25) is 0 Å². The van der Waals surface area contributed by atoms with Crippen molar-refractivity contribution >= 4 is 23.4 Å². The number of carbonyl (C=O) groups excluding carboxylic acids is 2. The van der Waals surface area contributed by atoms with E-state index in [2.05, 4.69) is 0 Å². The predicted octanol–water partition coefficient (Wildman–Crippen LogP) is 4.22. The summed E-state index contributed by atoms with van der Waals surface area (Å²) in [4.78, 5) is 26.5. The third-order valence-corrected chi connectivity index (χ3v) is 6.62. The van der Waals surface area contributed by atoms with Gasteiger partial charge in [0.05, 0.1) is 24.8 Å². The zero-order chi connectivity index (χ0) is 24.6. The third kappa shape index (κ3) is 4.26. The molecular formula is C26H25ClN2O5. The average Bonchev–Trinajstić information content (AvgIpc) is 3.13. The Labute approximate surface area is 202 Å². The van der Waals surface area contributed by atoms with Crippen molar-refractivity contribution in [2.75, 3.05) is 14.2 Å². The van der Waals surface area contributed by atoms with E-state index in [9.17, 15) is 14.7 Å². The number of aromatic hydroxyl groups is 1. The summed E-state index contributed by atoms with van der Waals surface area (Å²) in [5.41, 5.74) is 10.3. The lowest BCUT2D eigenvalue weighted by Crippen LogP contribution is -2.23. The minimum Gasteiger partial charge on any atom is -0.506 e. The molecule has 2 amide bonds. The average molecular weight is 481 g/mol. The second kappa shape index (κ2) is 9.27. The van der Waals surface area contributed by atoms with Crippen LogP contribution in [0.2, 0.25) is 5.02 Å². The van der Waals surface area contributed by atoms with E-state index in [0.29, 0.717) is 42.1 Å². The Morgan fingerprint density at radius 3 is 2.56 bits per heavy atom. The minimum absolute atomic E-state index is 0.0125. The number of benzene rings is 3. The molecule has 1 aliphatic heterocycles. The fraction of sp³-hybridized carbons (Fsp3) is 0.231. The molecule has 176 valence electrons. The Bertz CT molecular complexity index is 1300. The molecule has 0 saturated heterocycles. The predicted molar refractivity (Wildman–Crippen MR) is 129 cm³/mol. The summed E-state index contributed by atoms with van der Waals surface area (Å²) in [6.45, 7) is 2.66. The number of nitrogens with zero attached hydrogens (tertiary/aromatic N) is 1. The van der Waals surface area contributed by atoms with Crippen LogP contribution in [0.1, 0.15) is 48.5 Å². The molecule has 3 aromatic carbocycles. The van der Waals surface area contributed by atoms with Gasteiger partial charge in [0, 0.05) is 30.3 Å². The minimum atomic E-state index is -0.746. The van der Waals surface area contributed by atoms with Crippen LogP contribution in [-0.2, 0) is 19.5 Å². The van der Waals surface area contributed by atoms with Crippen LogP contribution in [0.5, 0.6) is 17.2 Å². The number of phenols is 1. The quantitative estimate of drug-likeness (QED) is 0.527. The molecule has 0 saturated carbocycles. The fourth-order valence-electron chi connectivity index (χ4n) is 4.24. The lowest BCUT2D eigenvalue weighted by atomic mass is 9.95. The molecule has 0 bridgehead atoms. The molecule has 0 unspecified atom stereocenters. The number of hydrogen-bond donors (Lipinski definition) is 2. The van der Waals surface area contributed by atoms with Gasteiger partial charge in [-0.05, 0) is 59.9 Å². The van der Waals surface area contributed by atoms with Crippen LogP contribution in [0.4, 0.5) is 0 Å². The van der Waals surface area contributed by atoms with Gasteiger partial charge in [-0.25, -0.2) is 0 Å². The maximum atomic E-state index is 13.0. The van der Waals surface area contributed by atoms with Crippen molar-refractivity contribution < 1.29 is 24.2 Å². The number of ether oxygens (including phenoxy) is 2. The van der Waals surface area contributed by atoms with Crippen LogP contribution >= 0.6 is 11.6 Å². The highest BCUT2D eigenvalue weighted by Gasteiger charge is 2.28. The molecule has 1 aliphatic rings. The smallest absolute Gasteiger partial charge is 0.254 e. The van der Waals surface area contributed by atoms with E-state index in [1.165, 1.54) is 0 Å². The second-order valence-corrected chi connectivity index (χ2v) is 8.62. The first-order valence-corrected chi connectivity index (χ1v) is 11.0. The Balaban J connectivity index is 1.58. The molecule has 4 rings (SSSR count). The Morgan fingerprint density at radius 1 is 1.12 bits per heavy atom. The molecular weight excluding hydrogens is 456 g/mol. The lowest BCUT2D eigenvalue weighted by Gasteiger charge is -2.18. The third-order valence-electron chi connectivity index (χ3n) is 6.16. The summed E-state index contributed by atoms with van der Waals surface area (Å²) in [5.74, 6) is 0.253. The first-order chi connectivity index (χ1) is 16.2. The normalized spacial score (nSPS) is 12.6. The van der Waals surface area contributed by atoms with Crippen molar-refractivity contribution in [3.63, 3.8) is 0 Å². The summed E-state index contributed by atoms with van der Waals surface area (Å²) in [5, 5.41) is 10.2. The van der Waals surface area contributed by atoms with E-state index in [0.717, 1.165) is 22.3 Å². The molecule has 3 aromatic rings. The number of fused-ring (bicyclic) bond motifs is 1. The van der Waals surface area contributed by atoms with E-state index in [1.807, 2.05) is 30.3 Å². The lowest BCUT2D eigenvalue weighted by molar-refractivity contribution is 0.0765. The highest BCUT2D eigenvalue weighted by molar-refractivity contribution is 6.33. The maximum Gasteiger partial charge on any atom is 0.254 e. The summed E-state index contributed by atoms with van der Waals surface area (Å²) in [6.07, 6.45) is 0.472. The van der Waals surface area contributed by atoms with E-state index in [4.69, 9.17) is 26.8 Å². The van der Waals surface area contributed by atoms with Crippen LogP contribution in [0.15, 0.2) is 42.5 Å². The van der Waals surface area contributed by atoms with E-state index in [1.54, 1.807) is 38.2 Å². The van der Waals surface area contributed by atoms with Gasteiger partial charge < -0.3 is 25.2 Å². The Morgan fingerprint density at radius 2 is 1.88 bits per heavy atom. The molecule has 7 nitrogen and oxygen atoms in total. The van der Waals surface area contributed by atoms with Gasteiger partial charge in [-0.3, -0.25) is 9.59 Å². The summed E-state index contributed by atoms with van der Waals surface area (Å²) in [7, 11) is 3.18. The first kappa shape index (κ1) is 23.4. The van der Waals surface area contributed by atoms with Crippen LogP contribution in [-0.4, -0.2) is 36.0 Å². The molecule has 34 heavy (non-hydrogen) atoms. The summed E-state index contributed by atoms with van der Waals surface area (Å²) in [6, 6.07) is 12.8. The molecule has 0 radical (unpaired) electrons. The van der Waals surface area contributed by atoms with Gasteiger partial charge >= 0.3 is 0 Å². The van der Waals surface area contributed by atoms with Gasteiger partial charge in [-0.15, -0.1) is 0 Å². The van der Waals surface area contributed by atoms with Gasteiger partial charge in [-0.2, -0.15) is 0 Å². The number of rotatable bonds is 7. The number of methoxy groups -OCH3 is 2. The standard InChI is InChI=1S/C26H25ClN2O5/c1-14-17(10-21(25(28)31)24(30)23(14)27)8-15-4-7-20-18(9-15)13-29(26(20)32)12-16-5-6-19(33-2)11-22(16)34-3/h4-7,9-11,30H,8,12-13H2,1-3H3,(H2,28,31). The van der Waals surface area contributed by atoms with E-state index < -0.39 is 5.91 Å². The van der Waals surface area contributed by atoms with Crippen molar-refractivity contribution in [2.24, 2.45) is 5.73 Å². The van der Waals surface area contributed by atoms with Crippen molar-refractivity contribution in [2.45, 2.75) is 26.4 Å². The molecule has 0 atom stereocenters. The number of amides is 2. The zero-order valence-corrected chi connectivity index (χ0v) is 19.9. The highest BCUT2D eigenvalue weighted by atomic mass is 35.5. The number of hydrogen-bond acceptors (Lipinski definition) is 5. The monoisotopic (exact) mass is 480 g/mol. The number of halogens is 1. The second-order valence-electron chi connectivity index (χ2n) is 8.24. The van der Waals surface area contributed by atoms with E-state index >= 15 is 0 Å². The molecule has 0 aliphatic carbocycles. The van der Waals surface area contributed by atoms with Crippen LogP contribution in [0.25, 0.3) is 0 Å². The maximum absolute atomic E-state index is 13.0. The fourth-order valence-corrected chi connectivity index (χ4v) is 4.46. The van der Waals surface area contributed by atoms with Crippen molar-refractivity contribution in [3.8, 4) is 17.2 Å². The molecule has 0 spiro atoms. The zero-order valence-electron chi connectivity index (χ0n) is 19.1.